The van der Waals surface area contributed by atoms with E-state index in [1.54, 1.807) is 12.1 Å². The molecule has 88 valence electrons. The predicted molar refractivity (Wildman–Crippen MR) is 65.3 cm³/mol. The van der Waals surface area contributed by atoms with E-state index in [0.717, 1.165) is 19.4 Å². The van der Waals surface area contributed by atoms with Gasteiger partial charge in [0.05, 0.1) is 0 Å². The van der Waals surface area contributed by atoms with E-state index in [4.69, 9.17) is 4.42 Å². The molecule has 4 heteroatoms. The molecule has 0 saturated heterocycles. The van der Waals surface area contributed by atoms with E-state index < -0.39 is 0 Å². The average molecular weight is 286 g/mol. The molecule has 0 aromatic carbocycles. The number of nitrogens with zero attached hydrogens (tertiary/aromatic N) is 1. The third-order valence-corrected chi connectivity index (χ3v) is 3.02. The second-order valence-corrected chi connectivity index (χ2v) is 5.47. The normalized spacial score (nSPS) is 15.5. The summed E-state index contributed by atoms with van der Waals surface area (Å²) in [6, 6.07) is 3.91. The smallest absolute Gasteiger partial charge is 0.289 e. The van der Waals surface area contributed by atoms with E-state index in [0.29, 0.717) is 22.4 Å². The lowest BCUT2D eigenvalue weighted by Gasteiger charge is -2.23. The Hall–Kier alpha value is -0.770. The van der Waals surface area contributed by atoms with Crippen molar-refractivity contribution in [2.24, 2.45) is 5.92 Å². The molecule has 3 nitrogen and oxygen atoms in total. The minimum atomic E-state index is 0.0156. The van der Waals surface area contributed by atoms with Gasteiger partial charge < -0.3 is 9.32 Å². The highest BCUT2D eigenvalue weighted by Crippen LogP contribution is 2.29. The Morgan fingerprint density at radius 3 is 2.69 bits per heavy atom. The van der Waals surface area contributed by atoms with Crippen molar-refractivity contribution in [2.45, 2.75) is 32.7 Å². The lowest BCUT2D eigenvalue weighted by molar-refractivity contribution is 0.0689. The largest absolute Gasteiger partial charge is 0.444 e. The zero-order valence-electron chi connectivity index (χ0n) is 9.57. The van der Waals surface area contributed by atoms with Crippen LogP contribution in [0.1, 0.15) is 37.2 Å². The predicted octanol–water partition coefficient (Wildman–Crippen LogP) is 3.30. The zero-order chi connectivity index (χ0) is 11.7. The molecular weight excluding hydrogens is 270 g/mol. The fraction of sp³-hybridized carbons (Fsp3) is 0.583. The van der Waals surface area contributed by atoms with Crippen LogP contribution in [-0.4, -0.2) is 23.4 Å². The maximum atomic E-state index is 12.2. The molecule has 1 aromatic heterocycles. The molecule has 1 aliphatic rings. The molecule has 1 saturated carbocycles. The van der Waals surface area contributed by atoms with Crippen molar-refractivity contribution in [3.63, 3.8) is 0 Å². The van der Waals surface area contributed by atoms with Gasteiger partial charge in [0, 0.05) is 12.6 Å². The Balaban J connectivity index is 2.10. The van der Waals surface area contributed by atoms with E-state index in [1.807, 2.05) is 4.90 Å². The summed E-state index contributed by atoms with van der Waals surface area (Å²) in [6.07, 6.45) is 2.25. The van der Waals surface area contributed by atoms with Gasteiger partial charge in [-0.3, -0.25) is 4.79 Å². The van der Waals surface area contributed by atoms with E-state index in [1.165, 1.54) is 0 Å². The van der Waals surface area contributed by atoms with Crippen LogP contribution >= 0.6 is 15.9 Å². The number of amides is 1. The van der Waals surface area contributed by atoms with Gasteiger partial charge in [-0.1, -0.05) is 13.8 Å². The van der Waals surface area contributed by atoms with Crippen molar-refractivity contribution >= 4 is 21.8 Å². The summed E-state index contributed by atoms with van der Waals surface area (Å²) in [4.78, 5) is 14.1. The van der Waals surface area contributed by atoms with Crippen LogP contribution in [0.5, 0.6) is 0 Å². The number of hydrogen-bond donors (Lipinski definition) is 0. The summed E-state index contributed by atoms with van der Waals surface area (Å²) in [5, 5.41) is 0. The third-order valence-electron chi connectivity index (χ3n) is 2.59. The van der Waals surface area contributed by atoms with Crippen LogP contribution in [0.4, 0.5) is 0 Å². The van der Waals surface area contributed by atoms with Crippen LogP contribution in [0.25, 0.3) is 0 Å². The molecule has 1 heterocycles. The number of halogens is 1. The molecule has 1 aliphatic carbocycles. The minimum Gasteiger partial charge on any atom is -0.444 e. The van der Waals surface area contributed by atoms with E-state index in [2.05, 4.69) is 29.8 Å². The fourth-order valence-electron chi connectivity index (χ4n) is 1.75. The van der Waals surface area contributed by atoms with Crippen molar-refractivity contribution in [3.8, 4) is 0 Å². The Morgan fingerprint density at radius 1 is 1.56 bits per heavy atom. The Labute approximate surface area is 104 Å². The van der Waals surface area contributed by atoms with Gasteiger partial charge in [-0.15, -0.1) is 0 Å². The monoisotopic (exact) mass is 285 g/mol. The van der Waals surface area contributed by atoms with Gasteiger partial charge in [-0.2, -0.15) is 0 Å². The molecule has 0 atom stereocenters. The summed E-state index contributed by atoms with van der Waals surface area (Å²) < 4.78 is 5.92. The van der Waals surface area contributed by atoms with E-state index in [-0.39, 0.29) is 5.91 Å². The Morgan fingerprint density at radius 2 is 2.25 bits per heavy atom. The molecule has 16 heavy (non-hydrogen) atoms. The van der Waals surface area contributed by atoms with Crippen LogP contribution < -0.4 is 0 Å². The minimum absolute atomic E-state index is 0.0156. The standard InChI is InChI=1S/C12H16BrNO2/c1-8(2)7-14(9-3-4-9)12(15)10-5-6-11(13)16-10/h5-6,8-9H,3-4,7H2,1-2H3. The maximum Gasteiger partial charge on any atom is 0.289 e. The number of carbonyl (C=O) groups excluding carboxylic acids is 1. The number of rotatable bonds is 4. The molecular formula is C12H16BrNO2. The molecule has 0 spiro atoms. The Bertz CT molecular complexity index is 382. The first-order chi connectivity index (χ1) is 7.58. The number of carbonyl (C=O) groups is 1. The summed E-state index contributed by atoms with van der Waals surface area (Å²) in [5.41, 5.74) is 0. The van der Waals surface area contributed by atoms with Crippen LogP contribution in [0.3, 0.4) is 0 Å². The Kier molecular flexibility index (Phi) is 3.38. The second kappa shape index (κ2) is 4.62. The average Bonchev–Trinajstić information content (AvgIpc) is 2.96. The maximum absolute atomic E-state index is 12.2. The van der Waals surface area contributed by atoms with Crippen molar-refractivity contribution in [3.05, 3.63) is 22.6 Å². The number of furan rings is 1. The lowest BCUT2D eigenvalue weighted by atomic mass is 10.2. The van der Waals surface area contributed by atoms with Gasteiger partial charge in [0.25, 0.3) is 5.91 Å². The van der Waals surface area contributed by atoms with Crippen molar-refractivity contribution in [2.75, 3.05) is 6.54 Å². The quantitative estimate of drug-likeness (QED) is 0.851. The second-order valence-electron chi connectivity index (χ2n) is 4.69. The van der Waals surface area contributed by atoms with Crippen LogP contribution in [0.2, 0.25) is 0 Å². The molecule has 1 aromatic rings. The highest BCUT2D eigenvalue weighted by Gasteiger charge is 2.34. The third kappa shape index (κ3) is 2.67. The van der Waals surface area contributed by atoms with Crippen molar-refractivity contribution in [1.82, 2.24) is 4.90 Å². The van der Waals surface area contributed by atoms with Crippen LogP contribution in [0, 0.1) is 5.92 Å². The first-order valence-electron chi connectivity index (χ1n) is 5.64. The molecule has 0 unspecified atom stereocenters. The SMILES string of the molecule is CC(C)CN(C(=O)c1ccc(Br)o1)C1CC1. The van der Waals surface area contributed by atoms with Crippen LogP contribution in [-0.2, 0) is 0 Å². The zero-order valence-corrected chi connectivity index (χ0v) is 11.2. The fourth-order valence-corrected chi connectivity index (χ4v) is 2.05. The first-order valence-corrected chi connectivity index (χ1v) is 6.43. The summed E-state index contributed by atoms with van der Waals surface area (Å²) in [5.74, 6) is 0.935. The van der Waals surface area contributed by atoms with Gasteiger partial charge in [-0.05, 0) is 46.8 Å². The lowest BCUT2D eigenvalue weighted by Crippen LogP contribution is -2.35. The van der Waals surface area contributed by atoms with Gasteiger partial charge in [0.2, 0.25) is 0 Å². The first kappa shape index (κ1) is 11.7. The topological polar surface area (TPSA) is 33.5 Å². The molecule has 0 bridgehead atoms. The molecule has 1 fully saturated rings. The molecule has 2 rings (SSSR count). The van der Waals surface area contributed by atoms with Gasteiger partial charge in [-0.25, -0.2) is 0 Å². The van der Waals surface area contributed by atoms with E-state index in [9.17, 15) is 4.79 Å². The molecule has 0 radical (unpaired) electrons. The summed E-state index contributed by atoms with van der Waals surface area (Å²) >= 11 is 3.22. The molecule has 0 N–H and O–H groups in total. The van der Waals surface area contributed by atoms with Crippen molar-refractivity contribution < 1.29 is 9.21 Å². The van der Waals surface area contributed by atoms with E-state index >= 15 is 0 Å². The van der Waals surface area contributed by atoms with Crippen LogP contribution in [0.15, 0.2) is 21.2 Å². The summed E-state index contributed by atoms with van der Waals surface area (Å²) in [7, 11) is 0. The highest BCUT2D eigenvalue weighted by atomic mass is 79.9. The molecule has 1 amide bonds. The summed E-state index contributed by atoms with van der Waals surface area (Å²) in [6.45, 7) is 5.06. The van der Waals surface area contributed by atoms with Gasteiger partial charge in [0.1, 0.15) is 0 Å². The molecule has 0 aliphatic heterocycles. The highest BCUT2D eigenvalue weighted by molar-refractivity contribution is 9.10. The van der Waals surface area contributed by atoms with Crippen molar-refractivity contribution in [1.29, 1.82) is 0 Å². The van der Waals surface area contributed by atoms with Gasteiger partial charge >= 0.3 is 0 Å². The van der Waals surface area contributed by atoms with Gasteiger partial charge in [0.15, 0.2) is 10.4 Å². The number of hydrogen-bond acceptors (Lipinski definition) is 2.